The molecule has 0 fully saturated rings. The lowest BCUT2D eigenvalue weighted by atomic mass is 10.1. The molecule has 0 aliphatic rings. The van der Waals surface area contributed by atoms with E-state index in [1.54, 1.807) is 18.2 Å². The summed E-state index contributed by atoms with van der Waals surface area (Å²) in [6.45, 7) is 0. The van der Waals surface area contributed by atoms with Gasteiger partial charge in [0, 0.05) is 16.9 Å². The third-order valence-electron chi connectivity index (χ3n) is 2.06. The van der Waals surface area contributed by atoms with Crippen LogP contribution in [-0.4, -0.2) is 15.9 Å². The molecule has 1 heterocycles. The van der Waals surface area contributed by atoms with Gasteiger partial charge in [0.2, 0.25) is 0 Å². The van der Waals surface area contributed by atoms with Gasteiger partial charge in [0.15, 0.2) is 0 Å². The van der Waals surface area contributed by atoms with E-state index in [0.29, 0.717) is 22.6 Å². The summed E-state index contributed by atoms with van der Waals surface area (Å²) in [5.41, 5.74) is 13.0. The Morgan fingerprint density at radius 1 is 1.06 bits per heavy atom. The highest BCUT2D eigenvalue weighted by atomic mass is 16.1. The van der Waals surface area contributed by atoms with Crippen molar-refractivity contribution in [3.8, 4) is 0 Å². The van der Waals surface area contributed by atoms with Crippen molar-refractivity contribution in [1.82, 2.24) is 9.97 Å². The van der Waals surface area contributed by atoms with Gasteiger partial charge in [0.1, 0.15) is 6.33 Å². The van der Waals surface area contributed by atoms with E-state index in [-0.39, 0.29) is 5.91 Å². The summed E-state index contributed by atoms with van der Waals surface area (Å²) in [5, 5.41) is 2.64. The highest BCUT2D eigenvalue weighted by Crippen LogP contribution is 2.15. The lowest BCUT2D eigenvalue weighted by molar-refractivity contribution is 0.102. The van der Waals surface area contributed by atoms with Gasteiger partial charge in [-0.05, 0) is 18.2 Å². The van der Waals surface area contributed by atoms with Gasteiger partial charge in [-0.1, -0.05) is 0 Å². The van der Waals surface area contributed by atoms with Gasteiger partial charge in [-0.3, -0.25) is 4.79 Å². The monoisotopic (exact) mass is 229 g/mol. The Balaban J connectivity index is 2.20. The Morgan fingerprint density at radius 3 is 2.24 bits per heavy atom. The number of carbonyl (C=O) groups is 1. The van der Waals surface area contributed by atoms with Gasteiger partial charge in [0.05, 0.1) is 18.1 Å². The van der Waals surface area contributed by atoms with E-state index in [1.807, 2.05) is 0 Å². The van der Waals surface area contributed by atoms with Crippen molar-refractivity contribution in [2.45, 2.75) is 0 Å². The molecule has 0 aliphatic carbocycles. The molecular formula is C11H11N5O. The van der Waals surface area contributed by atoms with Gasteiger partial charge < -0.3 is 16.8 Å². The second kappa shape index (κ2) is 4.48. The van der Waals surface area contributed by atoms with Crippen LogP contribution in [0.1, 0.15) is 10.4 Å². The highest BCUT2D eigenvalue weighted by molar-refractivity contribution is 6.05. The van der Waals surface area contributed by atoms with Crippen molar-refractivity contribution in [1.29, 1.82) is 0 Å². The number of benzene rings is 1. The van der Waals surface area contributed by atoms with E-state index in [4.69, 9.17) is 11.5 Å². The molecule has 0 bridgehead atoms. The van der Waals surface area contributed by atoms with Crippen LogP contribution >= 0.6 is 0 Å². The summed E-state index contributed by atoms with van der Waals surface area (Å²) in [7, 11) is 0. The molecule has 1 aromatic carbocycles. The fourth-order valence-electron chi connectivity index (χ4n) is 1.37. The van der Waals surface area contributed by atoms with Crippen molar-refractivity contribution >= 4 is 23.0 Å². The SMILES string of the molecule is Nc1cc(N)cc(C(=O)Nc2cncnc2)c1. The molecule has 6 heteroatoms. The predicted molar refractivity (Wildman–Crippen MR) is 65.3 cm³/mol. The van der Waals surface area contributed by atoms with Crippen molar-refractivity contribution in [2.24, 2.45) is 0 Å². The fourth-order valence-corrected chi connectivity index (χ4v) is 1.37. The number of rotatable bonds is 2. The molecule has 0 spiro atoms. The smallest absolute Gasteiger partial charge is 0.255 e. The van der Waals surface area contributed by atoms with Crippen LogP contribution in [0.4, 0.5) is 17.1 Å². The quantitative estimate of drug-likeness (QED) is 0.663. The van der Waals surface area contributed by atoms with Crippen LogP contribution in [-0.2, 0) is 0 Å². The van der Waals surface area contributed by atoms with E-state index < -0.39 is 0 Å². The fraction of sp³-hybridized carbons (Fsp3) is 0. The van der Waals surface area contributed by atoms with Crippen LogP contribution < -0.4 is 16.8 Å². The normalized spacial score (nSPS) is 9.88. The van der Waals surface area contributed by atoms with E-state index in [2.05, 4.69) is 15.3 Å². The van der Waals surface area contributed by atoms with Crippen molar-refractivity contribution in [3.63, 3.8) is 0 Å². The Hall–Kier alpha value is -2.63. The second-order valence-electron chi connectivity index (χ2n) is 3.47. The van der Waals surface area contributed by atoms with E-state index in [9.17, 15) is 4.79 Å². The number of nitrogen functional groups attached to an aromatic ring is 2. The van der Waals surface area contributed by atoms with E-state index >= 15 is 0 Å². The number of amides is 1. The number of carbonyl (C=O) groups excluding carboxylic acids is 1. The topological polar surface area (TPSA) is 107 Å². The number of nitrogens with zero attached hydrogens (tertiary/aromatic N) is 2. The number of hydrogen-bond donors (Lipinski definition) is 3. The van der Waals surface area contributed by atoms with E-state index in [1.165, 1.54) is 18.7 Å². The number of nitrogens with one attached hydrogen (secondary N) is 1. The number of aromatic nitrogens is 2. The standard InChI is InChI=1S/C11H11N5O/c12-8-1-7(2-9(13)3-8)11(17)16-10-4-14-6-15-5-10/h1-6H,12-13H2,(H,16,17). The maximum atomic E-state index is 11.8. The van der Waals surface area contributed by atoms with Crippen molar-refractivity contribution in [2.75, 3.05) is 16.8 Å². The molecule has 5 N–H and O–H groups in total. The van der Waals surface area contributed by atoms with Crippen LogP contribution in [0.2, 0.25) is 0 Å². The summed E-state index contributed by atoms with van der Waals surface area (Å²) in [4.78, 5) is 19.4. The number of hydrogen-bond acceptors (Lipinski definition) is 5. The minimum absolute atomic E-state index is 0.307. The third-order valence-corrected chi connectivity index (χ3v) is 2.06. The average molecular weight is 229 g/mol. The van der Waals surface area contributed by atoms with Crippen LogP contribution in [0.3, 0.4) is 0 Å². The molecule has 0 unspecified atom stereocenters. The maximum absolute atomic E-state index is 11.8. The largest absolute Gasteiger partial charge is 0.399 e. The number of nitrogens with two attached hydrogens (primary N) is 2. The third kappa shape index (κ3) is 2.69. The summed E-state index contributed by atoms with van der Waals surface area (Å²) < 4.78 is 0. The molecule has 0 aliphatic heterocycles. The van der Waals surface area contributed by atoms with Gasteiger partial charge in [-0.15, -0.1) is 0 Å². The summed E-state index contributed by atoms with van der Waals surface area (Å²) in [6.07, 6.45) is 4.38. The van der Waals surface area contributed by atoms with Crippen molar-refractivity contribution < 1.29 is 4.79 Å². The molecular weight excluding hydrogens is 218 g/mol. The van der Waals surface area contributed by atoms with Gasteiger partial charge in [-0.25, -0.2) is 9.97 Å². The van der Waals surface area contributed by atoms with Crippen LogP contribution in [0, 0.1) is 0 Å². The zero-order chi connectivity index (χ0) is 12.3. The first-order valence-corrected chi connectivity index (χ1v) is 4.87. The highest BCUT2D eigenvalue weighted by Gasteiger charge is 2.07. The molecule has 1 amide bonds. The number of anilines is 3. The zero-order valence-electron chi connectivity index (χ0n) is 8.92. The summed E-state index contributed by atoms with van der Waals surface area (Å²) in [5.74, 6) is -0.307. The molecule has 0 radical (unpaired) electrons. The first kappa shape index (κ1) is 10.9. The molecule has 17 heavy (non-hydrogen) atoms. The Morgan fingerprint density at radius 2 is 1.65 bits per heavy atom. The first-order valence-electron chi connectivity index (χ1n) is 4.87. The molecule has 2 rings (SSSR count). The molecule has 1 aromatic heterocycles. The lowest BCUT2D eigenvalue weighted by Crippen LogP contribution is -2.13. The van der Waals surface area contributed by atoms with Gasteiger partial charge >= 0.3 is 0 Å². The summed E-state index contributed by atoms with van der Waals surface area (Å²) >= 11 is 0. The Bertz CT molecular complexity index is 521. The van der Waals surface area contributed by atoms with Gasteiger partial charge in [-0.2, -0.15) is 0 Å². The molecule has 2 aromatic rings. The van der Waals surface area contributed by atoms with Crippen LogP contribution in [0.25, 0.3) is 0 Å². The maximum Gasteiger partial charge on any atom is 0.255 e. The van der Waals surface area contributed by atoms with Gasteiger partial charge in [0.25, 0.3) is 5.91 Å². The molecule has 6 nitrogen and oxygen atoms in total. The molecule has 86 valence electrons. The van der Waals surface area contributed by atoms with E-state index in [0.717, 1.165) is 0 Å². The lowest BCUT2D eigenvalue weighted by Gasteiger charge is -2.06. The first-order chi connectivity index (χ1) is 8.15. The van der Waals surface area contributed by atoms with Crippen LogP contribution in [0.15, 0.2) is 36.9 Å². The molecule has 0 saturated carbocycles. The second-order valence-corrected chi connectivity index (χ2v) is 3.47. The summed E-state index contributed by atoms with van der Waals surface area (Å²) in [6, 6.07) is 4.69. The minimum atomic E-state index is -0.307. The predicted octanol–water partition coefficient (Wildman–Crippen LogP) is 0.893. The molecule has 0 atom stereocenters. The molecule has 0 saturated heterocycles. The minimum Gasteiger partial charge on any atom is -0.399 e. The zero-order valence-corrected chi connectivity index (χ0v) is 8.92. The average Bonchev–Trinajstić information content (AvgIpc) is 2.29. The van der Waals surface area contributed by atoms with Crippen LogP contribution in [0.5, 0.6) is 0 Å². The van der Waals surface area contributed by atoms with Crippen molar-refractivity contribution in [3.05, 3.63) is 42.5 Å². The Labute approximate surface area is 97.7 Å². The Kier molecular flexibility index (Phi) is 2.87.